The zero-order valence-electron chi connectivity index (χ0n) is 11.3. The van der Waals surface area contributed by atoms with E-state index in [1.165, 1.54) is 51.4 Å². The van der Waals surface area contributed by atoms with Crippen LogP contribution in [0.4, 0.5) is 0 Å². The molecule has 0 unspecified atom stereocenters. The molecule has 2 saturated carbocycles. The first kappa shape index (κ1) is 12.2. The molecule has 3 heteroatoms. The highest BCUT2D eigenvalue weighted by Crippen LogP contribution is 2.48. The molecule has 2 aliphatic carbocycles. The summed E-state index contributed by atoms with van der Waals surface area (Å²) in [4.78, 5) is 0. The van der Waals surface area contributed by atoms with E-state index in [-0.39, 0.29) is 0 Å². The molecule has 1 spiro atoms. The molecule has 0 amide bonds. The largest absolute Gasteiger partial charge is 0.312 e. The van der Waals surface area contributed by atoms with E-state index >= 15 is 0 Å². The van der Waals surface area contributed by atoms with Crippen LogP contribution in [0.25, 0.3) is 0 Å². The molecule has 2 fully saturated rings. The van der Waals surface area contributed by atoms with Gasteiger partial charge >= 0.3 is 0 Å². The van der Waals surface area contributed by atoms with Crippen LogP contribution in [0.1, 0.15) is 51.4 Å². The minimum absolute atomic E-state index is 0.756. The minimum atomic E-state index is 0.756. The van der Waals surface area contributed by atoms with Crippen LogP contribution >= 0.6 is 0 Å². The van der Waals surface area contributed by atoms with Crippen LogP contribution in [-0.2, 0) is 6.54 Å². The van der Waals surface area contributed by atoms with Gasteiger partial charge in [-0.25, -0.2) is 0 Å². The summed E-state index contributed by atoms with van der Waals surface area (Å²) < 4.78 is 2.01. The maximum absolute atomic E-state index is 4.23. The summed E-state index contributed by atoms with van der Waals surface area (Å²) >= 11 is 0. The van der Waals surface area contributed by atoms with Crippen molar-refractivity contribution < 1.29 is 0 Å². The van der Waals surface area contributed by atoms with E-state index in [0.717, 1.165) is 24.5 Å². The van der Waals surface area contributed by atoms with Gasteiger partial charge in [-0.1, -0.05) is 12.8 Å². The van der Waals surface area contributed by atoms with Crippen LogP contribution in [0.15, 0.2) is 18.5 Å². The van der Waals surface area contributed by atoms with Gasteiger partial charge in [-0.15, -0.1) is 0 Å². The van der Waals surface area contributed by atoms with Crippen molar-refractivity contribution in [1.29, 1.82) is 0 Å². The molecule has 1 aromatic rings. The highest BCUT2D eigenvalue weighted by Gasteiger charge is 2.37. The van der Waals surface area contributed by atoms with Gasteiger partial charge in [0.1, 0.15) is 0 Å². The molecule has 18 heavy (non-hydrogen) atoms. The SMILES string of the molecule is c1cnn(CCNC2CCC3(CCCC3)CC2)c1. The monoisotopic (exact) mass is 247 g/mol. The van der Waals surface area contributed by atoms with E-state index in [2.05, 4.69) is 10.4 Å². The fraction of sp³-hybridized carbons (Fsp3) is 0.800. The maximum Gasteiger partial charge on any atom is 0.0534 e. The molecule has 0 aromatic carbocycles. The number of aromatic nitrogens is 2. The summed E-state index contributed by atoms with van der Waals surface area (Å²) in [7, 11) is 0. The minimum Gasteiger partial charge on any atom is -0.312 e. The second-order valence-corrected chi connectivity index (χ2v) is 6.20. The lowest BCUT2D eigenvalue weighted by atomic mass is 9.71. The average Bonchev–Trinajstić information content (AvgIpc) is 3.04. The third-order valence-corrected chi connectivity index (χ3v) is 5.04. The number of nitrogens with zero attached hydrogens (tertiary/aromatic N) is 2. The van der Waals surface area contributed by atoms with Crippen molar-refractivity contribution in [1.82, 2.24) is 15.1 Å². The van der Waals surface area contributed by atoms with Gasteiger partial charge in [-0.05, 0) is 50.0 Å². The van der Waals surface area contributed by atoms with E-state index in [1.54, 1.807) is 0 Å². The van der Waals surface area contributed by atoms with Crippen molar-refractivity contribution in [3.8, 4) is 0 Å². The zero-order chi connectivity index (χ0) is 12.3. The molecular weight excluding hydrogens is 222 g/mol. The van der Waals surface area contributed by atoms with Crippen LogP contribution < -0.4 is 5.32 Å². The Kier molecular flexibility index (Phi) is 3.69. The van der Waals surface area contributed by atoms with Gasteiger partial charge in [0, 0.05) is 25.0 Å². The topological polar surface area (TPSA) is 29.9 Å². The third-order valence-electron chi connectivity index (χ3n) is 5.04. The van der Waals surface area contributed by atoms with Crippen molar-refractivity contribution in [2.45, 2.75) is 64.0 Å². The van der Waals surface area contributed by atoms with Crippen molar-refractivity contribution in [3.63, 3.8) is 0 Å². The van der Waals surface area contributed by atoms with Gasteiger partial charge in [0.15, 0.2) is 0 Å². The fourth-order valence-corrected chi connectivity index (χ4v) is 3.88. The van der Waals surface area contributed by atoms with Crippen LogP contribution in [0.5, 0.6) is 0 Å². The van der Waals surface area contributed by atoms with Crippen LogP contribution in [0.2, 0.25) is 0 Å². The molecule has 0 atom stereocenters. The second-order valence-electron chi connectivity index (χ2n) is 6.20. The van der Waals surface area contributed by atoms with Gasteiger partial charge < -0.3 is 5.32 Å². The predicted molar refractivity (Wildman–Crippen MR) is 73.4 cm³/mol. The fourth-order valence-electron chi connectivity index (χ4n) is 3.88. The molecule has 3 rings (SSSR count). The van der Waals surface area contributed by atoms with Crippen LogP contribution in [0.3, 0.4) is 0 Å². The van der Waals surface area contributed by atoms with Crippen molar-refractivity contribution in [2.24, 2.45) is 5.41 Å². The van der Waals surface area contributed by atoms with Gasteiger partial charge in [0.2, 0.25) is 0 Å². The van der Waals surface area contributed by atoms with Crippen molar-refractivity contribution >= 4 is 0 Å². The first-order valence-electron chi connectivity index (χ1n) is 7.57. The van der Waals surface area contributed by atoms with E-state index < -0.39 is 0 Å². The maximum atomic E-state index is 4.23. The lowest BCUT2D eigenvalue weighted by Crippen LogP contribution is -2.38. The molecule has 3 nitrogen and oxygen atoms in total. The summed E-state index contributed by atoms with van der Waals surface area (Å²) in [5.41, 5.74) is 0.764. The normalized spacial score (nSPS) is 23.8. The highest BCUT2D eigenvalue weighted by atomic mass is 15.3. The Hall–Kier alpha value is -0.830. The number of rotatable bonds is 4. The Bertz CT molecular complexity index is 342. The highest BCUT2D eigenvalue weighted by molar-refractivity contribution is 4.91. The van der Waals surface area contributed by atoms with Gasteiger partial charge in [-0.2, -0.15) is 5.10 Å². The van der Waals surface area contributed by atoms with Crippen molar-refractivity contribution in [3.05, 3.63) is 18.5 Å². The smallest absolute Gasteiger partial charge is 0.0534 e. The quantitative estimate of drug-likeness (QED) is 0.886. The Balaban J connectivity index is 1.38. The molecule has 0 saturated heterocycles. The average molecular weight is 247 g/mol. The molecule has 1 heterocycles. The van der Waals surface area contributed by atoms with E-state index in [0.29, 0.717) is 0 Å². The summed E-state index contributed by atoms with van der Waals surface area (Å²) in [6, 6.07) is 2.75. The third kappa shape index (κ3) is 2.77. The Morgan fingerprint density at radius 1 is 1.17 bits per heavy atom. The lowest BCUT2D eigenvalue weighted by Gasteiger charge is -2.37. The number of nitrogens with one attached hydrogen (secondary N) is 1. The Labute approximate surface area is 110 Å². The standard InChI is InChI=1S/C15H25N3/c1-2-7-15(6-1)8-4-14(5-9-15)16-11-13-18-12-3-10-17-18/h3,10,12,14,16H,1-2,4-9,11,13H2. The van der Waals surface area contributed by atoms with Gasteiger partial charge in [0.25, 0.3) is 0 Å². The molecule has 100 valence electrons. The molecular formula is C15H25N3. The summed E-state index contributed by atoms with van der Waals surface area (Å²) in [5, 5.41) is 7.94. The van der Waals surface area contributed by atoms with E-state index in [4.69, 9.17) is 0 Å². The van der Waals surface area contributed by atoms with Gasteiger partial charge in [0.05, 0.1) is 6.54 Å². The number of hydrogen-bond acceptors (Lipinski definition) is 2. The van der Waals surface area contributed by atoms with Gasteiger partial charge in [-0.3, -0.25) is 4.68 Å². The van der Waals surface area contributed by atoms with Crippen molar-refractivity contribution in [2.75, 3.05) is 6.54 Å². The van der Waals surface area contributed by atoms with Crippen LogP contribution in [-0.4, -0.2) is 22.4 Å². The molecule has 0 aliphatic heterocycles. The first-order chi connectivity index (χ1) is 8.86. The molecule has 1 N–H and O–H groups in total. The predicted octanol–water partition coefficient (Wildman–Crippen LogP) is 2.98. The van der Waals surface area contributed by atoms with E-state index in [1.807, 2.05) is 23.1 Å². The molecule has 0 bridgehead atoms. The lowest BCUT2D eigenvalue weighted by molar-refractivity contribution is 0.168. The van der Waals surface area contributed by atoms with Crippen LogP contribution in [0, 0.1) is 5.41 Å². The Morgan fingerprint density at radius 3 is 2.61 bits per heavy atom. The summed E-state index contributed by atoms with van der Waals surface area (Å²) in [6.45, 7) is 2.05. The van der Waals surface area contributed by atoms with E-state index in [9.17, 15) is 0 Å². The Morgan fingerprint density at radius 2 is 1.94 bits per heavy atom. The summed E-state index contributed by atoms with van der Waals surface area (Å²) in [6.07, 6.45) is 15.6. The first-order valence-corrected chi connectivity index (χ1v) is 7.57. The molecule has 2 aliphatic rings. The molecule has 1 aromatic heterocycles. The number of hydrogen-bond donors (Lipinski definition) is 1. The summed E-state index contributed by atoms with van der Waals surface area (Å²) in [5.74, 6) is 0. The molecule has 0 radical (unpaired) electrons. The zero-order valence-corrected chi connectivity index (χ0v) is 11.3. The second kappa shape index (κ2) is 5.43.